The maximum absolute atomic E-state index is 12.9. The summed E-state index contributed by atoms with van der Waals surface area (Å²) in [5, 5.41) is 12.1. The van der Waals surface area contributed by atoms with E-state index in [-0.39, 0.29) is 5.91 Å². The van der Waals surface area contributed by atoms with Crippen molar-refractivity contribution in [2.45, 2.75) is 50.4 Å². The van der Waals surface area contributed by atoms with E-state index in [0.717, 1.165) is 55.0 Å². The molecule has 2 aliphatic rings. The lowest BCUT2D eigenvalue weighted by atomic mass is 9.95. The zero-order chi connectivity index (χ0) is 25.8. The van der Waals surface area contributed by atoms with Crippen LogP contribution in [0.5, 0.6) is 11.5 Å². The third-order valence-corrected chi connectivity index (χ3v) is 7.56. The summed E-state index contributed by atoms with van der Waals surface area (Å²) in [5.41, 5.74) is 2.19. The number of piperidine rings is 1. The summed E-state index contributed by atoms with van der Waals surface area (Å²) in [7, 11) is 2.14. The number of rotatable bonds is 9. The summed E-state index contributed by atoms with van der Waals surface area (Å²) in [4.78, 5) is 28.7. The molecule has 5 rings (SSSR count). The fourth-order valence-corrected chi connectivity index (χ4v) is 5.63. The Hall–Kier alpha value is -3.68. The molecule has 3 aromatic rings. The first-order valence-electron chi connectivity index (χ1n) is 12.9. The first-order valence-corrected chi connectivity index (χ1v) is 12.9. The second-order valence-corrected chi connectivity index (χ2v) is 10.1. The summed E-state index contributed by atoms with van der Waals surface area (Å²) in [6, 6.07) is 25.5. The normalized spacial score (nSPS) is 21.1. The molecule has 7 heteroatoms. The Morgan fingerprint density at radius 2 is 1.54 bits per heavy atom. The Morgan fingerprint density at radius 3 is 2.16 bits per heavy atom. The van der Waals surface area contributed by atoms with E-state index in [1.165, 1.54) is 0 Å². The van der Waals surface area contributed by atoms with Gasteiger partial charge < -0.3 is 15.2 Å². The van der Waals surface area contributed by atoms with Gasteiger partial charge in [-0.15, -0.1) is 0 Å². The van der Waals surface area contributed by atoms with Crippen LogP contribution in [0.4, 0.5) is 5.69 Å². The van der Waals surface area contributed by atoms with E-state index in [0.29, 0.717) is 30.2 Å². The highest BCUT2D eigenvalue weighted by molar-refractivity contribution is 5.92. The maximum atomic E-state index is 12.9. The van der Waals surface area contributed by atoms with Gasteiger partial charge in [-0.05, 0) is 86.8 Å². The molecule has 1 unspecified atom stereocenters. The van der Waals surface area contributed by atoms with Gasteiger partial charge in [-0.3, -0.25) is 14.6 Å². The molecule has 7 nitrogen and oxygen atoms in total. The molecule has 2 aliphatic heterocycles. The van der Waals surface area contributed by atoms with Crippen molar-refractivity contribution in [2.24, 2.45) is 0 Å². The van der Waals surface area contributed by atoms with Crippen molar-refractivity contribution in [1.82, 2.24) is 9.80 Å². The van der Waals surface area contributed by atoms with E-state index in [4.69, 9.17) is 9.84 Å². The quantitative estimate of drug-likeness (QED) is 0.419. The summed E-state index contributed by atoms with van der Waals surface area (Å²) in [5.74, 6) is 0.618. The number of carboxylic acids is 1. The van der Waals surface area contributed by atoms with Crippen LogP contribution in [0.1, 0.15) is 41.6 Å². The summed E-state index contributed by atoms with van der Waals surface area (Å²) in [6.45, 7) is 1.19. The monoisotopic (exact) mass is 499 g/mol. The number of aromatic carboxylic acids is 1. The third kappa shape index (κ3) is 6.18. The molecule has 3 atom stereocenters. The summed E-state index contributed by atoms with van der Waals surface area (Å²) >= 11 is 0. The molecular weight excluding hydrogens is 466 g/mol. The zero-order valence-electron chi connectivity index (χ0n) is 21.0. The number of ether oxygens (including phenoxy) is 1. The standard InChI is InChI=1S/C30H33N3O4/c1-32(19-21-7-9-22(10-8-21)30(35)36)26-17-24-13-14-25(18-26)33(24)20-29(34)31-23-11-15-28(16-12-23)37-27-5-3-2-4-6-27/h2-12,15-16,24-26H,13-14,17-20H2,1H3,(H,31,34)(H,35,36)/t24-,25+,26?. The van der Waals surface area contributed by atoms with Gasteiger partial charge in [-0.1, -0.05) is 30.3 Å². The van der Waals surface area contributed by atoms with Gasteiger partial charge in [-0.25, -0.2) is 4.79 Å². The molecular formula is C30H33N3O4. The number of fused-ring (bicyclic) bond motifs is 2. The Bertz CT molecular complexity index is 1200. The van der Waals surface area contributed by atoms with Crippen LogP contribution >= 0.6 is 0 Å². The second-order valence-electron chi connectivity index (χ2n) is 10.1. The van der Waals surface area contributed by atoms with Crippen molar-refractivity contribution in [3.8, 4) is 11.5 Å². The fourth-order valence-electron chi connectivity index (χ4n) is 5.63. The Labute approximate surface area is 217 Å². The van der Waals surface area contributed by atoms with Gasteiger partial charge in [0.15, 0.2) is 0 Å². The molecule has 0 saturated carbocycles. The number of para-hydroxylation sites is 1. The highest BCUT2D eigenvalue weighted by Crippen LogP contribution is 2.37. The van der Waals surface area contributed by atoms with Gasteiger partial charge in [0.1, 0.15) is 11.5 Å². The highest BCUT2D eigenvalue weighted by atomic mass is 16.5. The molecule has 0 aromatic heterocycles. The Kier molecular flexibility index (Phi) is 7.53. The molecule has 37 heavy (non-hydrogen) atoms. The first kappa shape index (κ1) is 25.0. The van der Waals surface area contributed by atoms with Gasteiger partial charge in [0, 0.05) is 30.4 Å². The molecule has 2 heterocycles. The van der Waals surface area contributed by atoms with E-state index in [9.17, 15) is 9.59 Å². The largest absolute Gasteiger partial charge is 0.478 e. The van der Waals surface area contributed by atoms with Gasteiger partial charge in [0.25, 0.3) is 0 Å². The van der Waals surface area contributed by atoms with Crippen molar-refractivity contribution in [1.29, 1.82) is 0 Å². The minimum atomic E-state index is -0.901. The summed E-state index contributed by atoms with van der Waals surface area (Å²) in [6.07, 6.45) is 4.33. The van der Waals surface area contributed by atoms with Crippen LogP contribution < -0.4 is 10.1 Å². The molecule has 192 valence electrons. The molecule has 2 fully saturated rings. The number of amides is 1. The lowest BCUT2D eigenvalue weighted by Gasteiger charge is -2.42. The van der Waals surface area contributed by atoms with E-state index in [1.807, 2.05) is 66.7 Å². The van der Waals surface area contributed by atoms with Gasteiger partial charge in [0.05, 0.1) is 12.1 Å². The van der Waals surface area contributed by atoms with Crippen molar-refractivity contribution in [2.75, 3.05) is 18.9 Å². The smallest absolute Gasteiger partial charge is 0.335 e. The van der Waals surface area contributed by atoms with Crippen LogP contribution in [0.25, 0.3) is 0 Å². The lowest BCUT2D eigenvalue weighted by Crippen LogP contribution is -2.51. The first-order chi connectivity index (χ1) is 17.9. The van der Waals surface area contributed by atoms with Crippen LogP contribution in [0.15, 0.2) is 78.9 Å². The second kappa shape index (κ2) is 11.2. The van der Waals surface area contributed by atoms with Crippen molar-refractivity contribution < 1.29 is 19.4 Å². The predicted molar refractivity (Wildman–Crippen MR) is 143 cm³/mol. The maximum Gasteiger partial charge on any atom is 0.335 e. The zero-order valence-corrected chi connectivity index (χ0v) is 21.0. The summed E-state index contributed by atoms with van der Waals surface area (Å²) < 4.78 is 5.83. The number of nitrogens with one attached hydrogen (secondary N) is 1. The number of anilines is 1. The molecule has 0 aliphatic carbocycles. The third-order valence-electron chi connectivity index (χ3n) is 7.56. The number of nitrogens with zero attached hydrogens (tertiary/aromatic N) is 2. The van der Waals surface area contributed by atoms with E-state index in [2.05, 4.69) is 22.2 Å². The van der Waals surface area contributed by atoms with Crippen molar-refractivity contribution >= 4 is 17.6 Å². The van der Waals surface area contributed by atoms with Crippen LogP contribution in [0.3, 0.4) is 0 Å². The van der Waals surface area contributed by atoms with Crippen LogP contribution in [-0.2, 0) is 11.3 Å². The van der Waals surface area contributed by atoms with Gasteiger partial charge in [-0.2, -0.15) is 0 Å². The number of carbonyl (C=O) groups excluding carboxylic acids is 1. The van der Waals surface area contributed by atoms with Crippen molar-refractivity contribution in [3.05, 3.63) is 90.0 Å². The molecule has 3 aromatic carbocycles. The van der Waals surface area contributed by atoms with Crippen molar-refractivity contribution in [3.63, 3.8) is 0 Å². The van der Waals surface area contributed by atoms with E-state index in [1.54, 1.807) is 12.1 Å². The molecule has 2 saturated heterocycles. The average molecular weight is 500 g/mol. The minimum absolute atomic E-state index is 0.0129. The SMILES string of the molecule is CN(Cc1ccc(C(=O)O)cc1)C1C[C@H]2CC[C@@H](C1)N2CC(=O)Nc1ccc(Oc2ccccc2)cc1. The van der Waals surface area contributed by atoms with E-state index >= 15 is 0 Å². The van der Waals surface area contributed by atoms with Crippen LogP contribution in [0.2, 0.25) is 0 Å². The number of carboxylic acid groups (broad SMARTS) is 1. The Balaban J connectivity index is 1.11. The number of hydrogen-bond acceptors (Lipinski definition) is 5. The highest BCUT2D eigenvalue weighted by Gasteiger charge is 2.42. The molecule has 0 spiro atoms. The van der Waals surface area contributed by atoms with Crippen LogP contribution in [0, 0.1) is 0 Å². The minimum Gasteiger partial charge on any atom is -0.478 e. The molecule has 0 radical (unpaired) electrons. The predicted octanol–water partition coefficient (Wildman–Crippen LogP) is 5.24. The van der Waals surface area contributed by atoms with Crippen LogP contribution in [-0.4, -0.2) is 58.5 Å². The fraction of sp³-hybridized carbons (Fsp3) is 0.333. The number of benzene rings is 3. The topological polar surface area (TPSA) is 82.1 Å². The number of carbonyl (C=O) groups is 2. The lowest BCUT2D eigenvalue weighted by molar-refractivity contribution is -0.118. The van der Waals surface area contributed by atoms with Gasteiger partial charge >= 0.3 is 5.97 Å². The molecule has 1 amide bonds. The van der Waals surface area contributed by atoms with E-state index < -0.39 is 5.97 Å². The molecule has 2 N–H and O–H groups in total. The average Bonchev–Trinajstić information content (AvgIpc) is 3.11. The number of hydrogen-bond donors (Lipinski definition) is 2. The van der Waals surface area contributed by atoms with Gasteiger partial charge in [0.2, 0.25) is 5.91 Å². The Morgan fingerprint density at radius 1 is 0.919 bits per heavy atom. The molecule has 2 bridgehead atoms.